The summed E-state index contributed by atoms with van der Waals surface area (Å²) in [6.45, 7) is 0. The normalized spacial score (nSPS) is 57.7. The highest BCUT2D eigenvalue weighted by Crippen LogP contribution is 2.56. The van der Waals surface area contributed by atoms with Crippen LogP contribution >= 0.6 is 0 Å². The molecule has 3 N–H and O–H groups in total. The predicted octanol–water partition coefficient (Wildman–Crippen LogP) is -1.97. The number of hydrogen-bond acceptors (Lipinski definition) is 2. The monoisotopic (exact) mass is 246 g/mol. The Morgan fingerprint density at radius 3 is 2.00 bits per heavy atom. The highest BCUT2D eigenvalue weighted by atomic mass is 79.9. The van der Waals surface area contributed by atoms with Crippen LogP contribution in [-0.4, -0.2) is 16.2 Å². The first-order valence-corrected chi connectivity index (χ1v) is 5.08. The fraction of sp³-hybridized carbons (Fsp3) is 1.00. The molecule has 2 nitrogen and oxygen atoms in total. The van der Waals surface area contributed by atoms with Gasteiger partial charge in [-0.3, -0.25) is 0 Å². The molecule has 3 heteroatoms. The summed E-state index contributed by atoms with van der Waals surface area (Å²) in [7, 11) is 0. The molecule has 4 bridgehead atoms. The average Bonchev–Trinajstić information content (AvgIpc) is 1.75. The molecular weight excluding hydrogens is 230 g/mol. The lowest BCUT2D eigenvalue weighted by atomic mass is 9.51. The zero-order valence-corrected chi connectivity index (χ0v) is 9.39. The Bertz CT molecular complexity index is 197. The number of rotatable bonds is 0. The van der Waals surface area contributed by atoms with Gasteiger partial charge in [-0.1, -0.05) is 0 Å². The van der Waals surface area contributed by atoms with Crippen molar-refractivity contribution in [3.05, 3.63) is 0 Å². The first-order chi connectivity index (χ1) is 5.57. The zero-order chi connectivity index (χ0) is 8.40. The van der Waals surface area contributed by atoms with Gasteiger partial charge in [0, 0.05) is 5.54 Å². The van der Waals surface area contributed by atoms with Gasteiger partial charge in [0.1, 0.15) is 0 Å². The fourth-order valence-corrected chi connectivity index (χ4v) is 4.28. The highest BCUT2D eigenvalue weighted by molar-refractivity contribution is 5.10. The molecule has 0 aliphatic heterocycles. The van der Waals surface area contributed by atoms with Crippen LogP contribution in [0.4, 0.5) is 0 Å². The summed E-state index contributed by atoms with van der Waals surface area (Å²) in [5.41, 5.74) is 5.90. The maximum absolute atomic E-state index is 10.2. The molecule has 76 valence electrons. The van der Waals surface area contributed by atoms with Crippen LogP contribution in [0, 0.1) is 11.8 Å². The summed E-state index contributed by atoms with van der Waals surface area (Å²) in [5, 5.41) is 10.2. The van der Waals surface area contributed by atoms with Gasteiger partial charge < -0.3 is 27.8 Å². The van der Waals surface area contributed by atoms with Gasteiger partial charge in [0.25, 0.3) is 0 Å². The van der Waals surface area contributed by atoms with Crippen molar-refractivity contribution in [3.8, 4) is 0 Å². The van der Waals surface area contributed by atoms with E-state index in [2.05, 4.69) is 0 Å². The molecule has 4 rings (SSSR count). The lowest BCUT2D eigenvalue weighted by Gasteiger charge is -2.58. The van der Waals surface area contributed by atoms with Crippen LogP contribution in [0.5, 0.6) is 0 Å². The summed E-state index contributed by atoms with van der Waals surface area (Å²) < 4.78 is 0. The molecule has 4 aliphatic carbocycles. The van der Waals surface area contributed by atoms with E-state index < -0.39 is 0 Å². The van der Waals surface area contributed by atoms with Gasteiger partial charge in [0.2, 0.25) is 0 Å². The molecule has 13 heavy (non-hydrogen) atoms. The molecule has 0 radical (unpaired) electrons. The van der Waals surface area contributed by atoms with Gasteiger partial charge in [-0.15, -0.1) is 0 Å². The van der Waals surface area contributed by atoms with Gasteiger partial charge in [-0.05, 0) is 50.4 Å². The predicted molar refractivity (Wildman–Crippen MR) is 46.6 cm³/mol. The highest BCUT2D eigenvalue weighted by Gasteiger charge is 2.55. The molecular formula is C10H17BrNO-. The van der Waals surface area contributed by atoms with Crippen LogP contribution in [0.3, 0.4) is 0 Å². The Morgan fingerprint density at radius 2 is 1.62 bits per heavy atom. The van der Waals surface area contributed by atoms with Gasteiger partial charge >= 0.3 is 0 Å². The quantitative estimate of drug-likeness (QED) is 0.522. The minimum atomic E-state index is -0.362. The second-order valence-corrected chi connectivity index (χ2v) is 5.55. The Kier molecular flexibility index (Phi) is 2.07. The van der Waals surface area contributed by atoms with Gasteiger partial charge in [-0.25, -0.2) is 0 Å². The lowest BCUT2D eigenvalue weighted by molar-refractivity contribution is -0.133. The topological polar surface area (TPSA) is 46.2 Å². The van der Waals surface area contributed by atoms with Gasteiger partial charge in [0.15, 0.2) is 0 Å². The minimum absolute atomic E-state index is 0. The third-order valence-corrected chi connectivity index (χ3v) is 4.08. The minimum Gasteiger partial charge on any atom is -1.00 e. The summed E-state index contributed by atoms with van der Waals surface area (Å²) >= 11 is 0. The van der Waals surface area contributed by atoms with Crippen LogP contribution in [0.1, 0.15) is 38.5 Å². The van der Waals surface area contributed by atoms with E-state index in [4.69, 9.17) is 5.73 Å². The molecule has 0 aromatic heterocycles. The van der Waals surface area contributed by atoms with E-state index in [-0.39, 0.29) is 28.1 Å². The van der Waals surface area contributed by atoms with E-state index in [0.717, 1.165) is 31.1 Å². The molecule has 2 atom stereocenters. The van der Waals surface area contributed by atoms with Crippen LogP contribution in [-0.2, 0) is 0 Å². The molecule has 0 heterocycles. The Labute approximate surface area is 89.7 Å². The second kappa shape index (κ2) is 2.71. The summed E-state index contributed by atoms with van der Waals surface area (Å²) in [6, 6.07) is 0. The van der Waals surface area contributed by atoms with Crippen LogP contribution in [0.25, 0.3) is 0 Å². The Morgan fingerprint density at radius 1 is 1.08 bits per heavy atom. The number of halogens is 1. The largest absolute Gasteiger partial charge is 1.00 e. The van der Waals surface area contributed by atoms with Crippen molar-refractivity contribution in [1.82, 2.24) is 0 Å². The van der Waals surface area contributed by atoms with E-state index in [1.54, 1.807) is 0 Å². The van der Waals surface area contributed by atoms with E-state index in [9.17, 15) is 5.11 Å². The van der Waals surface area contributed by atoms with Crippen LogP contribution < -0.4 is 22.7 Å². The fourth-order valence-electron chi connectivity index (χ4n) is 4.28. The standard InChI is InChI=1S/C10H17NO.BrH/c11-9-2-7-1-8(3-9)5-10(12,4-7)6-9;/h7-8,12H,1-6,11H2;1H/p-1. The average molecular weight is 247 g/mol. The maximum Gasteiger partial charge on any atom is 0.0670 e. The maximum atomic E-state index is 10.2. The van der Waals surface area contributed by atoms with Gasteiger partial charge in [0.05, 0.1) is 5.60 Å². The molecule has 0 spiro atoms. The van der Waals surface area contributed by atoms with Crippen molar-refractivity contribution < 1.29 is 22.1 Å². The van der Waals surface area contributed by atoms with Crippen molar-refractivity contribution in [2.75, 3.05) is 0 Å². The van der Waals surface area contributed by atoms with Gasteiger partial charge in [-0.2, -0.15) is 0 Å². The number of aliphatic hydroxyl groups is 1. The van der Waals surface area contributed by atoms with E-state index in [0.29, 0.717) is 0 Å². The lowest BCUT2D eigenvalue weighted by Crippen LogP contribution is -3.00. The Balaban J connectivity index is 0.000000653. The third kappa shape index (κ3) is 1.45. The first kappa shape index (κ1) is 9.94. The van der Waals surface area contributed by atoms with Crippen molar-refractivity contribution in [1.29, 1.82) is 0 Å². The van der Waals surface area contributed by atoms with E-state index in [1.807, 2.05) is 0 Å². The molecule has 4 fully saturated rings. The third-order valence-electron chi connectivity index (χ3n) is 4.08. The molecule has 0 amide bonds. The van der Waals surface area contributed by atoms with E-state index >= 15 is 0 Å². The number of hydrogen-bond donors (Lipinski definition) is 2. The van der Waals surface area contributed by atoms with Crippen molar-refractivity contribution in [2.45, 2.75) is 49.7 Å². The molecule has 4 saturated carbocycles. The first-order valence-electron chi connectivity index (χ1n) is 5.08. The van der Waals surface area contributed by atoms with Crippen molar-refractivity contribution in [2.24, 2.45) is 17.6 Å². The second-order valence-electron chi connectivity index (χ2n) is 5.55. The zero-order valence-electron chi connectivity index (χ0n) is 7.80. The smallest absolute Gasteiger partial charge is 0.0670 e. The molecule has 0 aromatic rings. The molecule has 4 aliphatic rings. The molecule has 0 saturated heterocycles. The van der Waals surface area contributed by atoms with Crippen LogP contribution in [0.15, 0.2) is 0 Å². The van der Waals surface area contributed by atoms with Crippen molar-refractivity contribution >= 4 is 0 Å². The SMILES string of the molecule is NC12CC3CC(C1)CC(O)(C3)C2.[Br-]. The molecule has 0 aromatic carbocycles. The van der Waals surface area contributed by atoms with Crippen molar-refractivity contribution in [3.63, 3.8) is 0 Å². The molecule has 2 unspecified atom stereocenters. The Hall–Kier alpha value is 0.400. The summed E-state index contributed by atoms with van der Waals surface area (Å²) in [5.74, 6) is 1.47. The summed E-state index contributed by atoms with van der Waals surface area (Å²) in [6.07, 6.45) is 6.61. The number of nitrogens with two attached hydrogens (primary N) is 1. The van der Waals surface area contributed by atoms with E-state index in [1.165, 1.54) is 19.3 Å². The van der Waals surface area contributed by atoms with Crippen LogP contribution in [0.2, 0.25) is 0 Å². The summed E-state index contributed by atoms with van der Waals surface area (Å²) in [4.78, 5) is 0.